The van der Waals surface area contributed by atoms with Crippen LogP contribution in [0.3, 0.4) is 0 Å². The molecule has 154 valence electrons. The van der Waals surface area contributed by atoms with E-state index in [1.54, 1.807) is 13.0 Å². The zero-order chi connectivity index (χ0) is 21.5. The number of primary amides is 1. The number of benzene rings is 2. The molecule has 0 aliphatic heterocycles. The van der Waals surface area contributed by atoms with Crippen LogP contribution in [-0.4, -0.2) is 17.7 Å². The highest BCUT2D eigenvalue weighted by atomic mass is 16.5. The number of urea groups is 1. The Labute approximate surface area is 173 Å². The van der Waals surface area contributed by atoms with E-state index in [0.29, 0.717) is 35.6 Å². The molecule has 0 radical (unpaired) electrons. The number of carbonyl (C=O) groups is 2. The number of carbonyl (C=O) groups excluding carboxylic acids is 2. The smallest absolute Gasteiger partial charge is 0.379 e. The zero-order valence-corrected chi connectivity index (χ0v) is 17.1. The Balaban J connectivity index is 1.67. The fourth-order valence-electron chi connectivity index (χ4n) is 3.91. The first kappa shape index (κ1) is 19.7. The second-order valence-corrected chi connectivity index (χ2v) is 8.31. The lowest BCUT2D eigenvalue weighted by Crippen LogP contribution is -2.31. The third kappa shape index (κ3) is 3.78. The predicted octanol–water partition coefficient (Wildman–Crippen LogP) is 4.31. The van der Waals surface area contributed by atoms with E-state index in [-0.39, 0.29) is 11.2 Å². The van der Waals surface area contributed by atoms with Gasteiger partial charge in [0.1, 0.15) is 11.5 Å². The van der Waals surface area contributed by atoms with Crippen molar-refractivity contribution in [2.24, 2.45) is 16.3 Å². The Bertz CT molecular complexity index is 1190. The minimum absolute atomic E-state index is 0.137. The molecule has 0 atom stereocenters. The van der Waals surface area contributed by atoms with E-state index < -0.39 is 12.0 Å². The number of hydrogen-bond acceptors (Lipinski definition) is 5. The van der Waals surface area contributed by atoms with Crippen LogP contribution in [0.1, 0.15) is 47.7 Å². The molecular formula is C23H23N3O4. The topological polar surface area (TPSA) is 107 Å². The normalized spacial score (nSPS) is 16.3. The van der Waals surface area contributed by atoms with Gasteiger partial charge in [0.25, 0.3) is 0 Å². The first-order valence-electron chi connectivity index (χ1n) is 9.69. The lowest BCUT2D eigenvalue weighted by molar-refractivity contribution is 0.0697. The van der Waals surface area contributed by atoms with Crippen LogP contribution >= 0.6 is 0 Å². The molecule has 0 saturated heterocycles. The molecule has 0 unspecified atom stereocenters. The summed E-state index contributed by atoms with van der Waals surface area (Å²) in [7, 11) is 0. The van der Waals surface area contributed by atoms with Crippen LogP contribution < -0.4 is 15.9 Å². The molecule has 0 spiro atoms. The molecule has 3 aromatic rings. The van der Waals surface area contributed by atoms with Gasteiger partial charge in [-0.05, 0) is 41.7 Å². The third-order valence-corrected chi connectivity index (χ3v) is 5.21. The van der Waals surface area contributed by atoms with Gasteiger partial charge in [-0.3, -0.25) is 0 Å². The molecular weight excluding hydrogens is 382 g/mol. The maximum atomic E-state index is 12.9. The van der Waals surface area contributed by atoms with Crippen LogP contribution in [0, 0.1) is 12.3 Å². The highest BCUT2D eigenvalue weighted by Crippen LogP contribution is 2.39. The second kappa shape index (κ2) is 7.33. The van der Waals surface area contributed by atoms with Gasteiger partial charge in [-0.25, -0.2) is 15.0 Å². The number of amides is 2. The zero-order valence-electron chi connectivity index (χ0n) is 17.1. The van der Waals surface area contributed by atoms with Gasteiger partial charge < -0.3 is 14.9 Å². The van der Waals surface area contributed by atoms with Crippen LogP contribution in [-0.2, 0) is 6.42 Å². The molecule has 7 nitrogen and oxygen atoms in total. The monoisotopic (exact) mass is 405 g/mol. The van der Waals surface area contributed by atoms with Gasteiger partial charge in [-0.15, -0.1) is 0 Å². The molecule has 1 aromatic heterocycles. The molecule has 4 rings (SSSR count). The Morgan fingerprint density at radius 1 is 1.13 bits per heavy atom. The molecule has 7 heteroatoms. The van der Waals surface area contributed by atoms with Gasteiger partial charge in [-0.2, -0.15) is 5.10 Å². The number of furan rings is 1. The molecule has 0 bridgehead atoms. The van der Waals surface area contributed by atoms with Gasteiger partial charge in [0.2, 0.25) is 5.76 Å². The quantitative estimate of drug-likeness (QED) is 0.385. The van der Waals surface area contributed by atoms with Gasteiger partial charge in [-0.1, -0.05) is 44.2 Å². The number of nitrogens with one attached hydrogen (secondary N) is 1. The van der Waals surface area contributed by atoms with Crippen molar-refractivity contribution in [3.63, 3.8) is 0 Å². The molecule has 30 heavy (non-hydrogen) atoms. The SMILES string of the molecule is Cc1c(C(=O)Oc2ccc3ccccc3c2)oc2c1/C(=N\NC(N)=O)CC(C)(C)C2. The molecule has 1 aliphatic carbocycles. The molecule has 1 heterocycles. The summed E-state index contributed by atoms with van der Waals surface area (Å²) in [4.78, 5) is 24.0. The summed E-state index contributed by atoms with van der Waals surface area (Å²) >= 11 is 0. The first-order chi connectivity index (χ1) is 14.2. The Morgan fingerprint density at radius 2 is 1.87 bits per heavy atom. The fourth-order valence-corrected chi connectivity index (χ4v) is 3.91. The molecule has 0 saturated carbocycles. The van der Waals surface area contributed by atoms with Crippen molar-refractivity contribution in [1.82, 2.24) is 5.43 Å². The Morgan fingerprint density at radius 3 is 2.60 bits per heavy atom. The van der Waals surface area contributed by atoms with Gasteiger partial charge >= 0.3 is 12.0 Å². The van der Waals surface area contributed by atoms with Crippen molar-refractivity contribution in [3.8, 4) is 5.75 Å². The number of fused-ring (bicyclic) bond motifs is 2. The van der Waals surface area contributed by atoms with Crippen molar-refractivity contribution >= 4 is 28.5 Å². The van der Waals surface area contributed by atoms with Crippen LogP contribution in [0.4, 0.5) is 4.79 Å². The fraction of sp³-hybridized carbons (Fsp3) is 0.261. The number of nitrogens with two attached hydrogens (primary N) is 1. The second-order valence-electron chi connectivity index (χ2n) is 8.31. The Kier molecular flexibility index (Phi) is 4.81. The van der Waals surface area contributed by atoms with Crippen molar-refractivity contribution in [2.75, 3.05) is 0 Å². The van der Waals surface area contributed by atoms with E-state index in [0.717, 1.165) is 16.3 Å². The summed E-state index contributed by atoms with van der Waals surface area (Å²) in [6, 6.07) is 12.6. The number of nitrogens with zero attached hydrogens (tertiary/aromatic N) is 1. The molecule has 2 aromatic carbocycles. The third-order valence-electron chi connectivity index (χ3n) is 5.21. The molecule has 1 aliphatic rings. The van der Waals surface area contributed by atoms with Gasteiger partial charge in [0.05, 0.1) is 5.71 Å². The number of hydrazone groups is 1. The van der Waals surface area contributed by atoms with Crippen molar-refractivity contribution in [1.29, 1.82) is 0 Å². The summed E-state index contributed by atoms with van der Waals surface area (Å²) in [6.45, 7) is 5.93. The Hall–Kier alpha value is -3.61. The van der Waals surface area contributed by atoms with E-state index in [2.05, 4.69) is 24.4 Å². The molecule has 2 amide bonds. The van der Waals surface area contributed by atoms with Crippen molar-refractivity contribution in [2.45, 2.75) is 33.6 Å². The lowest BCUT2D eigenvalue weighted by atomic mass is 9.75. The van der Waals surface area contributed by atoms with E-state index in [4.69, 9.17) is 14.9 Å². The van der Waals surface area contributed by atoms with Crippen molar-refractivity contribution in [3.05, 3.63) is 65.1 Å². The summed E-state index contributed by atoms with van der Waals surface area (Å²) in [5.41, 5.74) is 9.30. The maximum Gasteiger partial charge on any atom is 0.379 e. The van der Waals surface area contributed by atoms with Crippen LogP contribution in [0.2, 0.25) is 0 Å². The van der Waals surface area contributed by atoms with Crippen LogP contribution in [0.25, 0.3) is 10.8 Å². The van der Waals surface area contributed by atoms with Crippen LogP contribution in [0.15, 0.2) is 52.0 Å². The number of hydrogen-bond donors (Lipinski definition) is 2. The average molecular weight is 405 g/mol. The number of esters is 1. The highest BCUT2D eigenvalue weighted by Gasteiger charge is 2.36. The lowest BCUT2D eigenvalue weighted by Gasteiger charge is -2.29. The van der Waals surface area contributed by atoms with E-state index >= 15 is 0 Å². The van der Waals surface area contributed by atoms with E-state index in [9.17, 15) is 9.59 Å². The highest BCUT2D eigenvalue weighted by molar-refractivity contribution is 6.06. The average Bonchev–Trinajstić information content (AvgIpc) is 3.01. The summed E-state index contributed by atoms with van der Waals surface area (Å²) in [6.07, 6.45) is 1.25. The predicted molar refractivity (Wildman–Crippen MR) is 114 cm³/mol. The van der Waals surface area contributed by atoms with Gasteiger partial charge in [0, 0.05) is 17.5 Å². The summed E-state index contributed by atoms with van der Waals surface area (Å²) in [5.74, 6) is 0.658. The standard InChI is InChI=1S/C23H23N3O4/c1-13-19-17(25-26-22(24)28)11-23(2,3)12-18(19)30-20(13)21(27)29-16-9-8-14-6-4-5-7-15(14)10-16/h4-10H,11-12H2,1-3H3,(H3,24,26,28)/b25-17-. The molecule has 3 N–H and O–H groups in total. The first-order valence-corrected chi connectivity index (χ1v) is 9.69. The van der Waals surface area contributed by atoms with Crippen molar-refractivity contribution < 1.29 is 18.7 Å². The van der Waals surface area contributed by atoms with Gasteiger partial charge in [0.15, 0.2) is 0 Å². The maximum absolute atomic E-state index is 12.9. The summed E-state index contributed by atoms with van der Waals surface area (Å²) in [5, 5.41) is 6.19. The number of ether oxygens (including phenoxy) is 1. The summed E-state index contributed by atoms with van der Waals surface area (Å²) < 4.78 is 11.5. The minimum Gasteiger partial charge on any atom is -0.453 e. The number of rotatable bonds is 3. The minimum atomic E-state index is -0.746. The van der Waals surface area contributed by atoms with Crippen LogP contribution in [0.5, 0.6) is 5.75 Å². The molecule has 0 fully saturated rings. The largest absolute Gasteiger partial charge is 0.453 e. The van der Waals surface area contributed by atoms with E-state index in [1.807, 2.05) is 36.4 Å². The van der Waals surface area contributed by atoms with E-state index in [1.165, 1.54) is 0 Å².